The zero-order chi connectivity index (χ0) is 32.8. The maximum absolute atomic E-state index is 16.3. The molecule has 238 valence electrons. The average Bonchev–Trinajstić information content (AvgIpc) is 3.62. The third-order valence-corrected chi connectivity index (χ3v) is 12.9. The molecule has 0 amide bonds. The quantitative estimate of drug-likeness (QED) is 0.173. The maximum Gasteiger partial charge on any atom is 0.327 e. The van der Waals surface area contributed by atoms with Gasteiger partial charge < -0.3 is 23.9 Å². The second-order valence-electron chi connectivity index (χ2n) is 12.2. The van der Waals surface area contributed by atoms with Gasteiger partial charge in [0.1, 0.15) is 0 Å². The molecule has 0 radical (unpaired) electrons. The fourth-order valence-corrected chi connectivity index (χ4v) is 11.3. The molecule has 4 atom stereocenters. The normalized spacial score (nSPS) is 21.4. The first-order valence-electron chi connectivity index (χ1n) is 14.7. The number of hydrogen-bond donors (Lipinski definition) is 1. The second kappa shape index (κ2) is 12.5. The molecule has 9 nitrogen and oxygen atoms in total. The molecule has 2 aromatic carbocycles. The van der Waals surface area contributed by atoms with Crippen LogP contribution in [-0.4, -0.2) is 63.7 Å². The van der Waals surface area contributed by atoms with Crippen LogP contribution in [0.15, 0.2) is 24.3 Å². The van der Waals surface area contributed by atoms with E-state index in [9.17, 15) is 14.7 Å². The number of esters is 1. The molecule has 2 aliphatic heterocycles. The van der Waals surface area contributed by atoms with Gasteiger partial charge in [-0.3, -0.25) is 19.2 Å². The predicted molar refractivity (Wildman–Crippen MR) is 166 cm³/mol. The number of carboxylic acid groups (broad SMARTS) is 1. The monoisotopic (exact) mass is 646 g/mol. The van der Waals surface area contributed by atoms with Crippen LogP contribution in [-0.2, 0) is 28.4 Å². The number of aliphatic carboxylic acids is 1. The van der Waals surface area contributed by atoms with Gasteiger partial charge in [-0.1, -0.05) is 35.4 Å². The Balaban J connectivity index is 2.19. The Morgan fingerprint density at radius 1 is 0.818 bits per heavy atom. The van der Waals surface area contributed by atoms with Gasteiger partial charge >= 0.3 is 11.9 Å². The predicted octanol–water partition coefficient (Wildman–Crippen LogP) is 6.56. The van der Waals surface area contributed by atoms with Crippen LogP contribution in [0.25, 0.3) is 0 Å². The minimum absolute atomic E-state index is 0.0124. The highest BCUT2D eigenvalue weighted by Crippen LogP contribution is 2.71. The van der Waals surface area contributed by atoms with Crippen molar-refractivity contribution in [1.82, 2.24) is 0 Å². The van der Waals surface area contributed by atoms with E-state index in [4.69, 9.17) is 25.8 Å². The molecule has 2 heterocycles. The van der Waals surface area contributed by atoms with Gasteiger partial charge in [-0.05, 0) is 90.0 Å². The number of alkyl halides is 1. The van der Waals surface area contributed by atoms with Crippen molar-refractivity contribution in [2.75, 3.05) is 13.2 Å². The van der Waals surface area contributed by atoms with Crippen molar-refractivity contribution in [3.8, 4) is 0 Å². The minimum atomic E-state index is -5.51. The van der Waals surface area contributed by atoms with Crippen molar-refractivity contribution >= 4 is 41.7 Å². The van der Waals surface area contributed by atoms with Crippen LogP contribution in [0.5, 0.6) is 0 Å². The Labute approximate surface area is 263 Å². The van der Waals surface area contributed by atoms with E-state index in [2.05, 4.69) is 0 Å². The first-order valence-corrected chi connectivity index (χ1v) is 16.8. The van der Waals surface area contributed by atoms with Gasteiger partial charge in [-0.25, -0.2) is 0 Å². The number of aryl methyl sites for hydroxylation is 6. The Kier molecular flexibility index (Phi) is 9.68. The smallest absolute Gasteiger partial charge is 0.327 e. The number of carbonyl (C=O) groups excluding carboxylic acids is 3. The highest BCUT2D eigenvalue weighted by Gasteiger charge is 2.78. The number of halogens is 1. The summed E-state index contributed by atoms with van der Waals surface area (Å²) < 4.78 is 33.5. The highest BCUT2D eigenvalue weighted by molar-refractivity contribution is 7.97. The summed E-state index contributed by atoms with van der Waals surface area (Å²) in [5.74, 6) is -3.12. The van der Waals surface area contributed by atoms with Gasteiger partial charge in [0.25, 0.3) is 0 Å². The van der Waals surface area contributed by atoms with Crippen LogP contribution < -0.4 is 0 Å². The molecule has 4 rings (SSSR count). The number of rotatable bonds is 10. The lowest BCUT2D eigenvalue weighted by Crippen LogP contribution is -2.67. The molecule has 0 bridgehead atoms. The average molecular weight is 647 g/mol. The lowest BCUT2D eigenvalue weighted by atomic mass is 9.85. The summed E-state index contributed by atoms with van der Waals surface area (Å²) in [6.07, 6.45) is -1.39. The van der Waals surface area contributed by atoms with Gasteiger partial charge in [0, 0.05) is 24.2 Å². The van der Waals surface area contributed by atoms with E-state index in [-0.39, 0.29) is 37.2 Å². The van der Waals surface area contributed by atoms with Crippen LogP contribution in [0.1, 0.15) is 86.7 Å². The Bertz CT molecular complexity index is 1450. The lowest BCUT2D eigenvalue weighted by Gasteiger charge is -2.47. The van der Waals surface area contributed by atoms with Gasteiger partial charge in [-0.2, -0.15) is 0 Å². The number of ether oxygens (including phenoxy) is 3. The second-order valence-corrected chi connectivity index (χ2v) is 15.7. The van der Waals surface area contributed by atoms with Crippen molar-refractivity contribution in [2.24, 2.45) is 0 Å². The molecule has 4 unspecified atom stereocenters. The van der Waals surface area contributed by atoms with Crippen LogP contribution in [0.4, 0.5) is 0 Å². The number of benzene rings is 2. The third kappa shape index (κ3) is 5.36. The molecule has 0 aliphatic carbocycles. The van der Waals surface area contributed by atoms with Crippen molar-refractivity contribution in [2.45, 2.75) is 96.6 Å². The number of hydrogen-bond acceptors (Lipinski definition) is 8. The van der Waals surface area contributed by atoms with Crippen LogP contribution in [0, 0.1) is 41.5 Å². The maximum atomic E-state index is 16.3. The molecule has 0 aromatic heterocycles. The van der Waals surface area contributed by atoms with Crippen molar-refractivity contribution in [1.29, 1.82) is 0 Å². The number of carbonyl (C=O) groups is 4. The molecule has 2 fully saturated rings. The third-order valence-electron chi connectivity index (χ3n) is 8.80. The molecule has 2 aliphatic rings. The summed E-state index contributed by atoms with van der Waals surface area (Å²) in [6, 6.07) is 6.81. The van der Waals surface area contributed by atoms with E-state index in [1.807, 2.05) is 13.8 Å². The van der Waals surface area contributed by atoms with E-state index in [0.717, 1.165) is 18.1 Å². The van der Waals surface area contributed by atoms with Gasteiger partial charge in [0.2, 0.25) is 24.5 Å². The molecular weight excluding hydrogens is 607 g/mol. The molecule has 2 aromatic rings. The van der Waals surface area contributed by atoms with Crippen molar-refractivity contribution in [3.63, 3.8) is 0 Å². The van der Waals surface area contributed by atoms with Gasteiger partial charge in [0.05, 0.1) is 12.7 Å². The first-order chi connectivity index (χ1) is 20.5. The number of carboxylic acids is 1. The van der Waals surface area contributed by atoms with Crippen molar-refractivity contribution in [3.05, 3.63) is 68.8 Å². The molecule has 2 saturated heterocycles. The fourth-order valence-electron chi connectivity index (χ4n) is 6.94. The summed E-state index contributed by atoms with van der Waals surface area (Å²) in [6.45, 7) is 11.6. The van der Waals surface area contributed by atoms with Crippen molar-refractivity contribution < 1.29 is 43.1 Å². The summed E-state index contributed by atoms with van der Waals surface area (Å²) in [5, 5.41) is 7.68. The molecule has 0 saturated carbocycles. The van der Waals surface area contributed by atoms with E-state index in [1.54, 1.807) is 52.0 Å². The lowest BCUT2D eigenvalue weighted by molar-refractivity contribution is -0.180. The highest BCUT2D eigenvalue weighted by atomic mass is 35.5. The fraction of sp³-hybridized carbons (Fsp3) is 0.515. The summed E-state index contributed by atoms with van der Waals surface area (Å²) in [7, 11) is -5.51. The van der Waals surface area contributed by atoms with E-state index >= 15 is 14.2 Å². The molecule has 0 spiro atoms. The Hall–Kier alpha value is -2.84. The minimum Gasteiger partial charge on any atom is -0.480 e. The Morgan fingerprint density at radius 3 is 1.61 bits per heavy atom. The van der Waals surface area contributed by atoms with E-state index in [1.165, 1.54) is 0 Å². The van der Waals surface area contributed by atoms with E-state index in [0.29, 0.717) is 35.1 Å². The zero-order valence-corrected chi connectivity index (χ0v) is 27.9. The summed E-state index contributed by atoms with van der Waals surface area (Å²) in [4.78, 5) is 55.3. The van der Waals surface area contributed by atoms with Gasteiger partial charge in [-0.15, -0.1) is 11.6 Å². The standard InChI is InChI=1S/C33H40ClO9P/c1-18-14-20(3)26(21(4)15-18)28(35)44(40,29(36)27-22(5)16-19(2)17-23(27)6)33(24-10-8-12-41-24,32(7,34)30(37)38)31(39)43-25-11-9-13-42-25/h14-17,24-25H,8-13H2,1-7H3,(H,37,38). The molecular formula is C33H40ClO9P. The molecule has 44 heavy (non-hydrogen) atoms. The van der Waals surface area contributed by atoms with Crippen LogP contribution in [0.2, 0.25) is 0 Å². The van der Waals surface area contributed by atoms with Crippen LogP contribution in [0.3, 0.4) is 0 Å². The first kappa shape index (κ1) is 34.0. The largest absolute Gasteiger partial charge is 0.480 e. The summed E-state index contributed by atoms with van der Waals surface area (Å²) in [5.41, 5.74) is 0.889. The molecule has 11 heteroatoms. The Morgan fingerprint density at radius 2 is 1.25 bits per heavy atom. The zero-order valence-electron chi connectivity index (χ0n) is 26.2. The van der Waals surface area contributed by atoms with E-state index < -0.39 is 52.6 Å². The SMILES string of the molecule is Cc1cc(C)c(C(=O)P(=O)(C(=O)c2c(C)cc(C)cc2C)C(C(=O)OC2CCCO2)(C2CCCO2)C(C)(Cl)C(=O)O)c(C)c1. The topological polar surface area (TPSA) is 133 Å². The summed E-state index contributed by atoms with van der Waals surface area (Å²) >= 11 is 6.91. The molecule has 1 N–H and O–H groups in total. The van der Waals surface area contributed by atoms with Gasteiger partial charge in [0.15, 0.2) is 10.0 Å². The van der Waals surface area contributed by atoms with Crippen LogP contribution >= 0.6 is 18.7 Å².